The number of fused-ring (bicyclic) bond motifs is 1. The van der Waals surface area contributed by atoms with Gasteiger partial charge in [-0.15, -0.1) is 0 Å². The van der Waals surface area contributed by atoms with Crippen molar-refractivity contribution in [3.05, 3.63) is 68.8 Å². The fraction of sp³-hybridized carbons (Fsp3) is 0.0625. The highest BCUT2D eigenvalue weighted by Crippen LogP contribution is 2.30. The third kappa shape index (κ3) is 2.17. The molecule has 0 saturated carbocycles. The second-order valence-electron chi connectivity index (χ2n) is 4.51. The van der Waals surface area contributed by atoms with Crippen molar-refractivity contribution in [3.8, 4) is 0 Å². The Morgan fingerprint density at radius 1 is 1.20 bits per heavy atom. The Hall–Kier alpha value is -1.58. The molecule has 3 aromatic rings. The number of rotatable bonds is 2. The van der Waals surface area contributed by atoms with Crippen LogP contribution < -0.4 is 0 Å². The largest absolute Gasteiger partial charge is 0.452 e. The van der Waals surface area contributed by atoms with E-state index in [9.17, 15) is 4.79 Å². The molecule has 0 N–H and O–H groups in total. The third-order valence-electron chi connectivity index (χ3n) is 3.22. The van der Waals surface area contributed by atoms with Crippen LogP contribution in [0.25, 0.3) is 11.0 Å². The maximum absolute atomic E-state index is 12.6. The van der Waals surface area contributed by atoms with E-state index in [2.05, 4.69) is 15.9 Å². The second-order valence-corrected chi connectivity index (χ2v) is 5.83. The molecule has 0 amide bonds. The average Bonchev–Trinajstić information content (AvgIpc) is 2.76. The van der Waals surface area contributed by atoms with Gasteiger partial charge in [0.2, 0.25) is 5.78 Å². The smallest absolute Gasteiger partial charge is 0.229 e. The summed E-state index contributed by atoms with van der Waals surface area (Å²) in [5.41, 5.74) is 1.97. The standard InChI is InChI=1S/C16H10BrClO2/c1-9-12-8-10(17)6-7-14(12)20-16(9)15(19)11-4-2-3-5-13(11)18/h2-8H,1H3. The number of aryl methyl sites for hydroxylation is 1. The van der Waals surface area contributed by atoms with Crippen LogP contribution in [0.1, 0.15) is 21.7 Å². The van der Waals surface area contributed by atoms with Crippen molar-refractivity contribution < 1.29 is 9.21 Å². The summed E-state index contributed by atoms with van der Waals surface area (Å²) in [7, 11) is 0. The first kappa shape index (κ1) is 13.4. The Labute approximate surface area is 129 Å². The first-order valence-electron chi connectivity index (χ1n) is 6.06. The average molecular weight is 350 g/mol. The molecule has 0 radical (unpaired) electrons. The van der Waals surface area contributed by atoms with E-state index in [-0.39, 0.29) is 5.78 Å². The summed E-state index contributed by atoms with van der Waals surface area (Å²) in [6.07, 6.45) is 0. The van der Waals surface area contributed by atoms with E-state index in [0.717, 1.165) is 15.4 Å². The maximum Gasteiger partial charge on any atom is 0.229 e. The van der Waals surface area contributed by atoms with Crippen molar-refractivity contribution >= 4 is 44.3 Å². The van der Waals surface area contributed by atoms with Crippen molar-refractivity contribution in [1.29, 1.82) is 0 Å². The second kappa shape index (κ2) is 5.08. The van der Waals surface area contributed by atoms with E-state index < -0.39 is 0 Å². The molecule has 0 bridgehead atoms. The summed E-state index contributed by atoms with van der Waals surface area (Å²) in [5, 5.41) is 1.35. The highest BCUT2D eigenvalue weighted by Gasteiger charge is 2.20. The van der Waals surface area contributed by atoms with Crippen LogP contribution in [0.5, 0.6) is 0 Å². The molecular weight excluding hydrogens is 340 g/mol. The zero-order valence-electron chi connectivity index (χ0n) is 10.6. The van der Waals surface area contributed by atoms with Crippen LogP contribution in [0.2, 0.25) is 5.02 Å². The number of hydrogen-bond acceptors (Lipinski definition) is 2. The van der Waals surface area contributed by atoms with Gasteiger partial charge in [0.1, 0.15) is 5.58 Å². The Kier molecular flexibility index (Phi) is 3.40. The molecule has 3 rings (SSSR count). The van der Waals surface area contributed by atoms with Crippen LogP contribution in [0.3, 0.4) is 0 Å². The van der Waals surface area contributed by atoms with Gasteiger partial charge in [-0.1, -0.05) is 39.7 Å². The van der Waals surface area contributed by atoms with Crippen molar-refractivity contribution in [2.24, 2.45) is 0 Å². The molecule has 2 aromatic carbocycles. The zero-order valence-corrected chi connectivity index (χ0v) is 13.0. The van der Waals surface area contributed by atoms with Crippen LogP contribution in [0.4, 0.5) is 0 Å². The van der Waals surface area contributed by atoms with Crippen molar-refractivity contribution in [2.45, 2.75) is 6.92 Å². The van der Waals surface area contributed by atoms with Gasteiger partial charge < -0.3 is 4.42 Å². The topological polar surface area (TPSA) is 30.2 Å². The number of halogens is 2. The molecule has 0 saturated heterocycles. The number of ketones is 1. The SMILES string of the molecule is Cc1c(C(=O)c2ccccc2Cl)oc2ccc(Br)cc12. The van der Waals surface area contributed by atoms with Crippen molar-refractivity contribution in [3.63, 3.8) is 0 Å². The Balaban J connectivity index is 2.18. The summed E-state index contributed by atoms with van der Waals surface area (Å²) >= 11 is 9.50. The van der Waals surface area contributed by atoms with Gasteiger partial charge >= 0.3 is 0 Å². The molecule has 0 spiro atoms. The highest BCUT2D eigenvalue weighted by molar-refractivity contribution is 9.10. The molecule has 20 heavy (non-hydrogen) atoms. The molecule has 0 unspecified atom stereocenters. The van der Waals surface area contributed by atoms with E-state index in [1.54, 1.807) is 24.3 Å². The maximum atomic E-state index is 12.6. The van der Waals surface area contributed by atoms with Crippen LogP contribution in [0.15, 0.2) is 51.4 Å². The van der Waals surface area contributed by atoms with Gasteiger partial charge in [0.05, 0.1) is 5.02 Å². The lowest BCUT2D eigenvalue weighted by molar-refractivity contribution is 0.101. The molecule has 2 nitrogen and oxygen atoms in total. The van der Waals surface area contributed by atoms with Crippen molar-refractivity contribution in [2.75, 3.05) is 0 Å². The van der Waals surface area contributed by atoms with Gasteiger partial charge in [0.15, 0.2) is 5.76 Å². The summed E-state index contributed by atoms with van der Waals surface area (Å²) < 4.78 is 6.65. The first-order chi connectivity index (χ1) is 9.58. The van der Waals surface area contributed by atoms with Gasteiger partial charge in [-0.2, -0.15) is 0 Å². The Morgan fingerprint density at radius 2 is 1.95 bits per heavy atom. The Bertz CT molecular complexity index is 820. The first-order valence-corrected chi connectivity index (χ1v) is 7.23. The normalized spacial score (nSPS) is 10.9. The minimum absolute atomic E-state index is 0.194. The zero-order chi connectivity index (χ0) is 14.3. The third-order valence-corrected chi connectivity index (χ3v) is 4.05. The lowest BCUT2D eigenvalue weighted by atomic mass is 10.0. The van der Waals surface area contributed by atoms with Crippen molar-refractivity contribution in [1.82, 2.24) is 0 Å². The molecule has 0 aliphatic rings. The van der Waals surface area contributed by atoms with E-state index in [4.69, 9.17) is 16.0 Å². The molecule has 0 aliphatic carbocycles. The Morgan fingerprint density at radius 3 is 2.70 bits per heavy atom. The molecule has 0 atom stereocenters. The highest BCUT2D eigenvalue weighted by atomic mass is 79.9. The monoisotopic (exact) mass is 348 g/mol. The van der Waals surface area contributed by atoms with Crippen LogP contribution >= 0.6 is 27.5 Å². The number of furan rings is 1. The number of hydrogen-bond donors (Lipinski definition) is 0. The van der Waals surface area contributed by atoms with Crippen LogP contribution in [-0.4, -0.2) is 5.78 Å². The van der Waals surface area contributed by atoms with E-state index >= 15 is 0 Å². The minimum Gasteiger partial charge on any atom is -0.452 e. The van der Waals surface area contributed by atoms with Crippen LogP contribution in [-0.2, 0) is 0 Å². The van der Waals surface area contributed by atoms with Gasteiger partial charge in [-0.3, -0.25) is 4.79 Å². The molecule has 1 aromatic heterocycles. The predicted molar refractivity (Wildman–Crippen MR) is 83.5 cm³/mol. The molecule has 0 fully saturated rings. The summed E-state index contributed by atoms with van der Waals surface area (Å²) in [6.45, 7) is 1.88. The summed E-state index contributed by atoms with van der Waals surface area (Å²) in [4.78, 5) is 12.6. The summed E-state index contributed by atoms with van der Waals surface area (Å²) in [5.74, 6) is 0.145. The molecule has 100 valence electrons. The number of carbonyl (C=O) groups is 1. The molecule has 1 heterocycles. The van der Waals surface area contributed by atoms with Gasteiger partial charge in [0.25, 0.3) is 0 Å². The van der Waals surface area contributed by atoms with E-state index in [0.29, 0.717) is 21.9 Å². The van der Waals surface area contributed by atoms with Crippen LogP contribution in [0, 0.1) is 6.92 Å². The fourth-order valence-corrected chi connectivity index (χ4v) is 2.76. The predicted octanol–water partition coefficient (Wildman–Crippen LogP) is 5.39. The number of carbonyl (C=O) groups excluding carboxylic acids is 1. The van der Waals surface area contributed by atoms with Gasteiger partial charge in [-0.05, 0) is 37.3 Å². The molecule has 0 aliphatic heterocycles. The number of benzene rings is 2. The lowest BCUT2D eigenvalue weighted by Gasteiger charge is -2.01. The van der Waals surface area contributed by atoms with Gasteiger partial charge in [-0.25, -0.2) is 0 Å². The van der Waals surface area contributed by atoms with E-state index in [1.807, 2.05) is 25.1 Å². The summed E-state index contributed by atoms with van der Waals surface area (Å²) in [6, 6.07) is 12.6. The molecular formula is C16H10BrClO2. The van der Waals surface area contributed by atoms with E-state index in [1.165, 1.54) is 0 Å². The quantitative estimate of drug-likeness (QED) is 0.581. The van der Waals surface area contributed by atoms with Gasteiger partial charge in [0, 0.05) is 21.0 Å². The fourth-order valence-electron chi connectivity index (χ4n) is 2.18. The minimum atomic E-state index is -0.194. The lowest BCUT2D eigenvalue weighted by Crippen LogP contribution is -2.02. The molecule has 4 heteroatoms.